The van der Waals surface area contributed by atoms with E-state index in [4.69, 9.17) is 32.4 Å². The molecule has 3 heterocycles. The molecule has 0 aliphatic carbocycles. The van der Waals surface area contributed by atoms with Crippen molar-refractivity contribution in [3.05, 3.63) is 76.6 Å². The van der Waals surface area contributed by atoms with Crippen LogP contribution in [0.4, 0.5) is 5.82 Å². The normalized spacial score (nSPS) is 11.8. The zero-order valence-corrected chi connectivity index (χ0v) is 17.6. The van der Waals surface area contributed by atoms with Gasteiger partial charge in [0.05, 0.1) is 27.4 Å². The van der Waals surface area contributed by atoms with Gasteiger partial charge in [-0.2, -0.15) is 0 Å². The molecule has 3 aromatic heterocycles. The smallest absolute Gasteiger partial charge is 0.339 e. The molecule has 4 rings (SSSR count). The first-order valence-electron chi connectivity index (χ1n) is 9.19. The molecule has 4 aromatic rings. The van der Waals surface area contributed by atoms with E-state index >= 15 is 0 Å². The number of halogens is 2. The van der Waals surface area contributed by atoms with Crippen molar-refractivity contribution < 1.29 is 18.7 Å². The number of rotatable bonds is 5. The van der Waals surface area contributed by atoms with E-state index in [1.54, 1.807) is 36.4 Å². The second-order valence-electron chi connectivity index (χ2n) is 6.57. The number of nitrogens with one attached hydrogen (secondary N) is 1. The average molecular weight is 456 g/mol. The van der Waals surface area contributed by atoms with Gasteiger partial charge >= 0.3 is 5.97 Å². The number of benzene rings is 1. The number of pyridine rings is 2. The van der Waals surface area contributed by atoms with Crippen LogP contribution in [0.2, 0.25) is 10.0 Å². The van der Waals surface area contributed by atoms with Gasteiger partial charge in [-0.1, -0.05) is 41.4 Å². The maximum atomic E-state index is 12.9. The van der Waals surface area contributed by atoms with Crippen molar-refractivity contribution in [2.45, 2.75) is 13.0 Å². The first-order chi connectivity index (χ1) is 14.9. The molecule has 0 unspecified atom stereocenters. The Hall–Kier alpha value is -3.42. The van der Waals surface area contributed by atoms with Crippen LogP contribution < -0.4 is 5.32 Å². The van der Waals surface area contributed by atoms with Gasteiger partial charge in [0.25, 0.3) is 5.91 Å². The van der Waals surface area contributed by atoms with E-state index in [0.717, 1.165) is 0 Å². The molecule has 0 fully saturated rings. The summed E-state index contributed by atoms with van der Waals surface area (Å²) in [6.07, 6.45) is 1.76. The molecule has 156 valence electrons. The van der Waals surface area contributed by atoms with Gasteiger partial charge in [0, 0.05) is 11.6 Å². The Morgan fingerprint density at radius 2 is 1.94 bits per heavy atom. The fourth-order valence-corrected chi connectivity index (χ4v) is 3.32. The summed E-state index contributed by atoms with van der Waals surface area (Å²) in [6, 6.07) is 13.6. The SMILES string of the molecule is C[C@@H](OC(=O)c1cc(-c2ccco2)nc2ccccc12)C(=O)Nc1ncc(Cl)cc1Cl. The Bertz CT molecular complexity index is 1280. The highest BCUT2D eigenvalue weighted by molar-refractivity contribution is 6.36. The third kappa shape index (κ3) is 4.52. The Morgan fingerprint density at radius 1 is 1.13 bits per heavy atom. The van der Waals surface area contributed by atoms with Gasteiger partial charge in [0.2, 0.25) is 0 Å². The minimum Gasteiger partial charge on any atom is -0.463 e. The van der Waals surface area contributed by atoms with E-state index in [1.165, 1.54) is 25.5 Å². The minimum atomic E-state index is -1.11. The summed E-state index contributed by atoms with van der Waals surface area (Å²) >= 11 is 11.8. The van der Waals surface area contributed by atoms with Crippen LogP contribution in [0.15, 0.2) is 65.4 Å². The molecule has 0 bridgehead atoms. The van der Waals surface area contributed by atoms with Crippen molar-refractivity contribution >= 4 is 51.8 Å². The number of amides is 1. The lowest BCUT2D eigenvalue weighted by atomic mass is 10.1. The monoisotopic (exact) mass is 455 g/mol. The molecule has 9 heteroatoms. The van der Waals surface area contributed by atoms with E-state index in [9.17, 15) is 9.59 Å². The number of hydrogen-bond donors (Lipinski definition) is 1. The van der Waals surface area contributed by atoms with Gasteiger partial charge < -0.3 is 14.5 Å². The van der Waals surface area contributed by atoms with Crippen molar-refractivity contribution in [1.29, 1.82) is 0 Å². The van der Waals surface area contributed by atoms with Crippen molar-refractivity contribution in [1.82, 2.24) is 9.97 Å². The summed E-state index contributed by atoms with van der Waals surface area (Å²) in [5.41, 5.74) is 1.34. The van der Waals surface area contributed by atoms with Gasteiger partial charge in [-0.3, -0.25) is 4.79 Å². The lowest BCUT2D eigenvalue weighted by molar-refractivity contribution is -0.123. The molecule has 0 saturated carbocycles. The fraction of sp³-hybridized carbons (Fsp3) is 0.0909. The number of para-hydroxylation sites is 1. The third-order valence-corrected chi connectivity index (χ3v) is 4.91. The summed E-state index contributed by atoms with van der Waals surface area (Å²) in [5, 5.41) is 3.62. The van der Waals surface area contributed by atoms with E-state index in [2.05, 4.69) is 15.3 Å². The van der Waals surface area contributed by atoms with Crippen molar-refractivity contribution in [2.75, 3.05) is 5.32 Å². The predicted molar refractivity (Wildman–Crippen MR) is 117 cm³/mol. The Balaban J connectivity index is 1.58. The van der Waals surface area contributed by atoms with Crippen LogP contribution in [0.3, 0.4) is 0 Å². The minimum absolute atomic E-state index is 0.119. The summed E-state index contributed by atoms with van der Waals surface area (Å²) in [5.74, 6) is -0.638. The van der Waals surface area contributed by atoms with Gasteiger partial charge in [0.15, 0.2) is 17.7 Å². The number of nitrogens with zero attached hydrogens (tertiary/aromatic N) is 2. The lowest BCUT2D eigenvalue weighted by Gasteiger charge is -2.15. The van der Waals surface area contributed by atoms with Gasteiger partial charge in [-0.05, 0) is 37.3 Å². The molecule has 1 atom stereocenters. The highest BCUT2D eigenvalue weighted by Crippen LogP contribution is 2.26. The second kappa shape index (κ2) is 8.75. The Labute approximate surface area is 187 Å². The zero-order valence-electron chi connectivity index (χ0n) is 16.1. The van der Waals surface area contributed by atoms with Crippen molar-refractivity contribution in [3.8, 4) is 11.5 Å². The average Bonchev–Trinajstić information content (AvgIpc) is 3.29. The van der Waals surface area contributed by atoms with E-state index in [-0.39, 0.29) is 16.4 Å². The number of esters is 1. The molecular weight excluding hydrogens is 441 g/mol. The zero-order chi connectivity index (χ0) is 22.0. The largest absolute Gasteiger partial charge is 0.463 e. The molecule has 0 spiro atoms. The van der Waals surface area contributed by atoms with Crippen LogP contribution in [0.1, 0.15) is 17.3 Å². The Morgan fingerprint density at radius 3 is 2.68 bits per heavy atom. The number of furan rings is 1. The molecule has 1 amide bonds. The standard InChI is InChI=1S/C22H15Cl2N3O4/c1-12(21(28)27-20-16(24)9-13(23)11-25-20)31-22(29)15-10-18(19-7-4-8-30-19)26-17-6-3-2-5-14(15)17/h2-12H,1H3,(H,25,27,28)/t12-/m1/s1. The number of anilines is 1. The Kier molecular flexibility index (Phi) is 5.88. The number of carbonyl (C=O) groups excluding carboxylic acids is 2. The van der Waals surface area contributed by atoms with Gasteiger partial charge in [0.1, 0.15) is 5.69 Å². The quantitative estimate of drug-likeness (QED) is 0.405. The maximum absolute atomic E-state index is 12.9. The number of ether oxygens (including phenoxy) is 1. The van der Waals surface area contributed by atoms with Crippen molar-refractivity contribution in [2.24, 2.45) is 0 Å². The summed E-state index contributed by atoms with van der Waals surface area (Å²) in [6.45, 7) is 1.45. The predicted octanol–water partition coefficient (Wildman–Crippen LogP) is 5.38. The van der Waals surface area contributed by atoms with Crippen LogP contribution >= 0.6 is 23.2 Å². The number of carbonyl (C=O) groups is 2. The van der Waals surface area contributed by atoms with E-state index in [0.29, 0.717) is 27.4 Å². The maximum Gasteiger partial charge on any atom is 0.339 e. The van der Waals surface area contributed by atoms with Crippen LogP contribution in [0.5, 0.6) is 0 Å². The molecule has 1 N–H and O–H groups in total. The summed E-state index contributed by atoms with van der Waals surface area (Å²) in [4.78, 5) is 33.9. The number of hydrogen-bond acceptors (Lipinski definition) is 6. The summed E-state index contributed by atoms with van der Waals surface area (Å²) in [7, 11) is 0. The number of fused-ring (bicyclic) bond motifs is 1. The van der Waals surface area contributed by atoms with Gasteiger partial charge in [-0.15, -0.1) is 0 Å². The van der Waals surface area contributed by atoms with Crippen LogP contribution in [-0.2, 0) is 9.53 Å². The molecular formula is C22H15Cl2N3O4. The lowest BCUT2D eigenvalue weighted by Crippen LogP contribution is -2.30. The highest BCUT2D eigenvalue weighted by atomic mass is 35.5. The van der Waals surface area contributed by atoms with Crippen LogP contribution in [0, 0.1) is 0 Å². The van der Waals surface area contributed by atoms with Crippen molar-refractivity contribution in [3.63, 3.8) is 0 Å². The molecule has 1 aromatic carbocycles. The first kappa shape index (κ1) is 20.8. The molecule has 0 radical (unpaired) electrons. The molecule has 0 saturated heterocycles. The van der Waals surface area contributed by atoms with E-state index in [1.807, 2.05) is 6.07 Å². The topological polar surface area (TPSA) is 94.3 Å². The fourth-order valence-electron chi connectivity index (χ4n) is 2.90. The molecule has 0 aliphatic rings. The molecule has 0 aliphatic heterocycles. The molecule has 31 heavy (non-hydrogen) atoms. The second-order valence-corrected chi connectivity index (χ2v) is 7.41. The molecule has 7 nitrogen and oxygen atoms in total. The third-order valence-electron chi connectivity index (χ3n) is 4.41. The van der Waals surface area contributed by atoms with Gasteiger partial charge in [-0.25, -0.2) is 14.8 Å². The van der Waals surface area contributed by atoms with Crippen LogP contribution in [-0.4, -0.2) is 27.9 Å². The summed E-state index contributed by atoms with van der Waals surface area (Å²) < 4.78 is 10.8. The highest BCUT2D eigenvalue weighted by Gasteiger charge is 2.23. The van der Waals surface area contributed by atoms with Crippen LogP contribution in [0.25, 0.3) is 22.4 Å². The number of aromatic nitrogens is 2. The van der Waals surface area contributed by atoms with E-state index < -0.39 is 18.0 Å². The first-order valence-corrected chi connectivity index (χ1v) is 9.94.